The predicted octanol–water partition coefficient (Wildman–Crippen LogP) is 3.56. The van der Waals surface area contributed by atoms with E-state index in [4.69, 9.17) is 0 Å². The highest BCUT2D eigenvalue weighted by atomic mass is 16.3. The molecule has 1 unspecified atom stereocenters. The Morgan fingerprint density at radius 2 is 1.50 bits per heavy atom. The first-order chi connectivity index (χ1) is 10.5. The highest BCUT2D eigenvalue weighted by molar-refractivity contribution is 5.53. The van der Waals surface area contributed by atoms with E-state index in [1.165, 1.54) is 24.3 Å². The predicted molar refractivity (Wildman–Crippen MR) is 85.5 cm³/mol. The van der Waals surface area contributed by atoms with Crippen LogP contribution in [0.2, 0.25) is 0 Å². The molecule has 0 aromatic heterocycles. The number of phenols is 4. The minimum atomic E-state index is -0.312. The third-order valence-corrected chi connectivity index (χ3v) is 3.53. The fourth-order valence-electron chi connectivity index (χ4n) is 2.43. The van der Waals surface area contributed by atoms with Crippen LogP contribution in [0.3, 0.4) is 0 Å². The van der Waals surface area contributed by atoms with E-state index in [-0.39, 0.29) is 28.9 Å². The summed E-state index contributed by atoms with van der Waals surface area (Å²) in [6.07, 6.45) is 3.88. The number of allylic oxidation sites excluding steroid dienone is 2. The summed E-state index contributed by atoms with van der Waals surface area (Å²) in [5.74, 6) is -1.16. The van der Waals surface area contributed by atoms with Gasteiger partial charge in [0.2, 0.25) is 0 Å². The standard InChI is InChI=1S/C18H18O4/c1-3-5-11-8-17(21)18(22)10-14(11)13(4-2)12-6-7-15(19)16(20)9-12/h3-4,6-10,13,19-22H,1-2,5H2. The van der Waals surface area contributed by atoms with Crippen LogP contribution in [0.25, 0.3) is 0 Å². The Morgan fingerprint density at radius 1 is 0.864 bits per heavy atom. The van der Waals surface area contributed by atoms with Gasteiger partial charge in [-0.15, -0.1) is 13.2 Å². The molecular formula is C18H18O4. The SMILES string of the molecule is C=CCc1cc(O)c(O)cc1C(C=C)c1ccc(O)c(O)c1. The van der Waals surface area contributed by atoms with Crippen molar-refractivity contribution in [3.8, 4) is 23.0 Å². The molecule has 0 aliphatic rings. The van der Waals surface area contributed by atoms with Crippen molar-refractivity contribution in [2.24, 2.45) is 0 Å². The zero-order chi connectivity index (χ0) is 16.3. The highest BCUT2D eigenvalue weighted by Crippen LogP contribution is 2.38. The molecule has 114 valence electrons. The molecule has 0 amide bonds. The first-order valence-electron chi connectivity index (χ1n) is 6.78. The number of aromatic hydroxyl groups is 4. The summed E-state index contributed by atoms with van der Waals surface area (Å²) >= 11 is 0. The van der Waals surface area contributed by atoms with Crippen molar-refractivity contribution in [3.05, 3.63) is 72.3 Å². The third kappa shape index (κ3) is 2.91. The first kappa shape index (κ1) is 15.5. The number of hydrogen-bond acceptors (Lipinski definition) is 4. The second-order valence-corrected chi connectivity index (χ2v) is 4.99. The largest absolute Gasteiger partial charge is 0.504 e. The third-order valence-electron chi connectivity index (χ3n) is 3.53. The lowest BCUT2D eigenvalue weighted by Gasteiger charge is -2.19. The van der Waals surface area contributed by atoms with Crippen LogP contribution in [0.15, 0.2) is 55.6 Å². The summed E-state index contributed by atoms with van der Waals surface area (Å²) in [5.41, 5.74) is 2.25. The van der Waals surface area contributed by atoms with Gasteiger partial charge in [0.05, 0.1) is 0 Å². The zero-order valence-electron chi connectivity index (χ0n) is 12.0. The summed E-state index contributed by atoms with van der Waals surface area (Å²) < 4.78 is 0. The lowest BCUT2D eigenvalue weighted by atomic mass is 9.86. The molecule has 2 aromatic rings. The van der Waals surface area contributed by atoms with E-state index < -0.39 is 0 Å². The second kappa shape index (κ2) is 6.26. The Morgan fingerprint density at radius 3 is 2.09 bits per heavy atom. The van der Waals surface area contributed by atoms with Crippen LogP contribution in [-0.2, 0) is 6.42 Å². The zero-order valence-corrected chi connectivity index (χ0v) is 12.0. The van der Waals surface area contributed by atoms with Crippen molar-refractivity contribution in [1.82, 2.24) is 0 Å². The number of hydrogen-bond donors (Lipinski definition) is 4. The average Bonchev–Trinajstić information content (AvgIpc) is 2.48. The topological polar surface area (TPSA) is 80.9 Å². The van der Waals surface area contributed by atoms with E-state index in [0.717, 1.165) is 11.1 Å². The van der Waals surface area contributed by atoms with Gasteiger partial charge >= 0.3 is 0 Å². The molecule has 0 radical (unpaired) electrons. The summed E-state index contributed by atoms with van der Waals surface area (Å²) in [7, 11) is 0. The minimum absolute atomic E-state index is 0.197. The van der Waals surface area contributed by atoms with Crippen LogP contribution in [0.4, 0.5) is 0 Å². The van der Waals surface area contributed by atoms with Gasteiger partial charge in [0.15, 0.2) is 23.0 Å². The van der Waals surface area contributed by atoms with Crippen molar-refractivity contribution in [1.29, 1.82) is 0 Å². The molecular weight excluding hydrogens is 280 g/mol. The normalized spacial score (nSPS) is 11.8. The number of phenolic OH excluding ortho intramolecular Hbond substituents is 4. The molecule has 1 atom stereocenters. The fraction of sp³-hybridized carbons (Fsp3) is 0.111. The molecule has 0 saturated heterocycles. The van der Waals surface area contributed by atoms with E-state index in [1.807, 2.05) is 0 Å². The molecule has 0 spiro atoms. The van der Waals surface area contributed by atoms with Crippen molar-refractivity contribution >= 4 is 0 Å². The fourth-order valence-corrected chi connectivity index (χ4v) is 2.43. The van der Waals surface area contributed by atoms with Gasteiger partial charge in [-0.2, -0.15) is 0 Å². The molecule has 4 nitrogen and oxygen atoms in total. The molecule has 0 fully saturated rings. The molecule has 0 aliphatic carbocycles. The monoisotopic (exact) mass is 298 g/mol. The van der Waals surface area contributed by atoms with Crippen LogP contribution in [0.1, 0.15) is 22.6 Å². The average molecular weight is 298 g/mol. The van der Waals surface area contributed by atoms with Crippen LogP contribution in [0.5, 0.6) is 23.0 Å². The minimum Gasteiger partial charge on any atom is -0.504 e. The van der Waals surface area contributed by atoms with Gasteiger partial charge in [-0.25, -0.2) is 0 Å². The lowest BCUT2D eigenvalue weighted by molar-refractivity contribution is 0.402. The molecule has 4 N–H and O–H groups in total. The lowest BCUT2D eigenvalue weighted by Crippen LogP contribution is -2.02. The molecule has 0 saturated carbocycles. The summed E-state index contributed by atoms with van der Waals surface area (Å²) in [6.45, 7) is 7.49. The van der Waals surface area contributed by atoms with Crippen molar-refractivity contribution in [3.63, 3.8) is 0 Å². The van der Waals surface area contributed by atoms with Crippen molar-refractivity contribution in [2.45, 2.75) is 12.3 Å². The Bertz CT molecular complexity index is 719. The maximum Gasteiger partial charge on any atom is 0.157 e. The molecule has 2 rings (SSSR count). The van der Waals surface area contributed by atoms with Crippen LogP contribution < -0.4 is 0 Å². The van der Waals surface area contributed by atoms with Gasteiger partial charge in [0.25, 0.3) is 0 Å². The van der Waals surface area contributed by atoms with Crippen LogP contribution in [-0.4, -0.2) is 20.4 Å². The van der Waals surface area contributed by atoms with Crippen molar-refractivity contribution in [2.75, 3.05) is 0 Å². The van der Waals surface area contributed by atoms with Crippen LogP contribution in [0, 0.1) is 0 Å². The van der Waals surface area contributed by atoms with Crippen LogP contribution >= 0.6 is 0 Å². The van der Waals surface area contributed by atoms with Gasteiger partial charge in [-0.05, 0) is 47.4 Å². The van der Waals surface area contributed by atoms with E-state index in [2.05, 4.69) is 13.2 Å². The van der Waals surface area contributed by atoms with Gasteiger partial charge in [0.1, 0.15) is 0 Å². The molecule has 0 aliphatic heterocycles. The smallest absolute Gasteiger partial charge is 0.157 e. The Labute approximate surface area is 128 Å². The number of rotatable bonds is 5. The quantitative estimate of drug-likeness (QED) is 0.502. The number of benzene rings is 2. The Hall–Kier alpha value is -2.88. The van der Waals surface area contributed by atoms with Gasteiger partial charge < -0.3 is 20.4 Å². The van der Waals surface area contributed by atoms with Gasteiger partial charge in [-0.1, -0.05) is 18.2 Å². The molecule has 4 heteroatoms. The van der Waals surface area contributed by atoms with E-state index in [0.29, 0.717) is 12.0 Å². The Kier molecular flexibility index (Phi) is 4.41. The van der Waals surface area contributed by atoms with Gasteiger partial charge in [0, 0.05) is 5.92 Å². The van der Waals surface area contributed by atoms with Gasteiger partial charge in [-0.3, -0.25) is 0 Å². The Balaban J connectivity index is 2.59. The molecule has 2 aromatic carbocycles. The first-order valence-corrected chi connectivity index (χ1v) is 6.78. The van der Waals surface area contributed by atoms with E-state index in [9.17, 15) is 20.4 Å². The maximum atomic E-state index is 9.78. The summed E-state index contributed by atoms with van der Waals surface area (Å²) in [4.78, 5) is 0. The molecule has 22 heavy (non-hydrogen) atoms. The molecule has 0 bridgehead atoms. The molecule has 0 heterocycles. The van der Waals surface area contributed by atoms with E-state index >= 15 is 0 Å². The summed E-state index contributed by atoms with van der Waals surface area (Å²) in [6, 6.07) is 7.48. The highest BCUT2D eigenvalue weighted by Gasteiger charge is 2.18. The maximum absolute atomic E-state index is 9.78. The van der Waals surface area contributed by atoms with Crippen molar-refractivity contribution < 1.29 is 20.4 Å². The summed E-state index contributed by atoms with van der Waals surface area (Å²) in [5, 5.41) is 38.6. The van der Waals surface area contributed by atoms with E-state index in [1.54, 1.807) is 18.2 Å². The second-order valence-electron chi connectivity index (χ2n) is 4.99.